The number of carbonyl (C=O) groups is 1. The SMILES string of the molecule is CC(C)NN(C(=O)O)C(C)(C)C. The van der Waals surface area contributed by atoms with E-state index in [1.807, 2.05) is 34.6 Å². The molecule has 0 spiro atoms. The van der Waals surface area contributed by atoms with Gasteiger partial charge >= 0.3 is 6.09 Å². The number of rotatable bonds is 2. The van der Waals surface area contributed by atoms with Crippen molar-refractivity contribution in [3.8, 4) is 0 Å². The zero-order valence-corrected chi connectivity index (χ0v) is 8.38. The quantitative estimate of drug-likeness (QED) is 0.626. The molecule has 4 nitrogen and oxygen atoms in total. The van der Waals surface area contributed by atoms with E-state index in [2.05, 4.69) is 5.43 Å². The monoisotopic (exact) mass is 174 g/mol. The molecule has 12 heavy (non-hydrogen) atoms. The highest BCUT2D eigenvalue weighted by Gasteiger charge is 2.26. The van der Waals surface area contributed by atoms with Crippen LogP contribution in [0, 0.1) is 0 Å². The molecule has 0 aromatic heterocycles. The minimum Gasteiger partial charge on any atom is -0.464 e. The Bertz CT molecular complexity index is 161. The summed E-state index contributed by atoms with van der Waals surface area (Å²) in [6.45, 7) is 9.34. The van der Waals surface area contributed by atoms with Crippen molar-refractivity contribution in [3.63, 3.8) is 0 Å². The number of nitrogens with one attached hydrogen (secondary N) is 1. The molecule has 0 aromatic rings. The Morgan fingerprint density at radius 1 is 1.42 bits per heavy atom. The van der Waals surface area contributed by atoms with E-state index >= 15 is 0 Å². The summed E-state index contributed by atoms with van der Waals surface area (Å²) >= 11 is 0. The maximum atomic E-state index is 10.7. The largest absolute Gasteiger partial charge is 0.464 e. The van der Waals surface area contributed by atoms with Crippen molar-refractivity contribution in [2.75, 3.05) is 0 Å². The van der Waals surface area contributed by atoms with Crippen LogP contribution in [0.3, 0.4) is 0 Å². The minimum atomic E-state index is -0.948. The normalized spacial score (nSPS) is 11.8. The number of hydrogen-bond donors (Lipinski definition) is 2. The second-order valence-corrected chi connectivity index (χ2v) is 4.07. The van der Waals surface area contributed by atoms with E-state index in [9.17, 15) is 4.79 Å². The van der Waals surface area contributed by atoms with Crippen molar-refractivity contribution in [2.24, 2.45) is 0 Å². The Labute approximate surface area is 73.5 Å². The van der Waals surface area contributed by atoms with Gasteiger partial charge in [0.25, 0.3) is 0 Å². The van der Waals surface area contributed by atoms with Crippen molar-refractivity contribution in [3.05, 3.63) is 0 Å². The first-order valence-corrected chi connectivity index (χ1v) is 4.04. The van der Waals surface area contributed by atoms with Gasteiger partial charge in [-0.2, -0.15) is 0 Å². The maximum Gasteiger partial charge on any atom is 0.422 e. The molecule has 0 fully saturated rings. The Balaban J connectivity index is 4.35. The molecule has 0 heterocycles. The van der Waals surface area contributed by atoms with Crippen LogP contribution in [0.15, 0.2) is 0 Å². The van der Waals surface area contributed by atoms with Crippen LogP contribution < -0.4 is 5.43 Å². The summed E-state index contributed by atoms with van der Waals surface area (Å²) in [4.78, 5) is 10.7. The number of nitrogens with zero attached hydrogens (tertiary/aromatic N) is 1. The summed E-state index contributed by atoms with van der Waals surface area (Å²) in [5, 5.41) is 10.0. The summed E-state index contributed by atoms with van der Waals surface area (Å²) in [5.74, 6) is 0. The fraction of sp³-hybridized carbons (Fsp3) is 0.875. The van der Waals surface area contributed by atoms with Crippen LogP contribution in [0.25, 0.3) is 0 Å². The zero-order chi connectivity index (χ0) is 9.94. The average molecular weight is 174 g/mol. The van der Waals surface area contributed by atoms with E-state index in [-0.39, 0.29) is 6.04 Å². The Hall–Kier alpha value is -0.770. The van der Waals surface area contributed by atoms with Gasteiger partial charge in [0.15, 0.2) is 0 Å². The summed E-state index contributed by atoms with van der Waals surface area (Å²) in [5.41, 5.74) is 2.45. The van der Waals surface area contributed by atoms with Crippen LogP contribution in [0.4, 0.5) is 4.79 Å². The van der Waals surface area contributed by atoms with Crippen molar-refractivity contribution < 1.29 is 9.90 Å². The topological polar surface area (TPSA) is 52.6 Å². The third-order valence-electron chi connectivity index (χ3n) is 1.25. The second-order valence-electron chi connectivity index (χ2n) is 4.07. The molecule has 0 aliphatic heterocycles. The van der Waals surface area contributed by atoms with Crippen molar-refractivity contribution >= 4 is 6.09 Å². The van der Waals surface area contributed by atoms with Gasteiger partial charge in [0.1, 0.15) is 0 Å². The number of hydrogen-bond acceptors (Lipinski definition) is 2. The van der Waals surface area contributed by atoms with Crippen LogP contribution in [-0.4, -0.2) is 27.8 Å². The van der Waals surface area contributed by atoms with Crippen LogP contribution in [-0.2, 0) is 0 Å². The molecule has 0 atom stereocenters. The fourth-order valence-corrected chi connectivity index (χ4v) is 0.794. The first-order valence-electron chi connectivity index (χ1n) is 4.04. The molecule has 0 aromatic carbocycles. The Morgan fingerprint density at radius 3 is 1.92 bits per heavy atom. The standard InChI is InChI=1S/C8H18N2O2/c1-6(2)9-10(7(11)12)8(3,4)5/h6,9H,1-5H3,(H,11,12). The van der Waals surface area contributed by atoms with Crippen LogP contribution in [0.5, 0.6) is 0 Å². The van der Waals surface area contributed by atoms with Gasteiger partial charge in [-0.3, -0.25) is 0 Å². The molecule has 0 aliphatic rings. The second kappa shape index (κ2) is 3.76. The molecule has 0 rings (SSSR count). The number of hydrazine groups is 1. The molecule has 0 saturated heterocycles. The molecule has 1 amide bonds. The molecular weight excluding hydrogens is 156 g/mol. The van der Waals surface area contributed by atoms with Crippen LogP contribution in [0.1, 0.15) is 34.6 Å². The van der Waals surface area contributed by atoms with Gasteiger partial charge in [-0.05, 0) is 34.6 Å². The van der Waals surface area contributed by atoms with Crippen molar-refractivity contribution in [2.45, 2.75) is 46.2 Å². The van der Waals surface area contributed by atoms with E-state index in [1.54, 1.807) is 0 Å². The lowest BCUT2D eigenvalue weighted by atomic mass is 10.1. The lowest BCUT2D eigenvalue weighted by molar-refractivity contribution is 0.0559. The number of carboxylic acid groups (broad SMARTS) is 1. The molecule has 0 unspecified atom stereocenters. The third-order valence-corrected chi connectivity index (χ3v) is 1.25. The van der Waals surface area contributed by atoms with Gasteiger partial charge in [0.05, 0.1) is 5.54 Å². The first kappa shape index (κ1) is 11.2. The first-order chi connectivity index (χ1) is 5.25. The summed E-state index contributed by atoms with van der Waals surface area (Å²) in [6.07, 6.45) is -0.948. The predicted molar refractivity (Wildman–Crippen MR) is 47.9 cm³/mol. The Morgan fingerprint density at radius 2 is 1.83 bits per heavy atom. The zero-order valence-electron chi connectivity index (χ0n) is 8.38. The van der Waals surface area contributed by atoms with E-state index in [4.69, 9.17) is 5.11 Å². The molecule has 72 valence electrons. The summed E-state index contributed by atoms with van der Waals surface area (Å²) in [6, 6.07) is 0.125. The molecule has 0 radical (unpaired) electrons. The highest BCUT2D eigenvalue weighted by molar-refractivity contribution is 5.65. The average Bonchev–Trinajstić information content (AvgIpc) is 1.79. The van der Waals surface area contributed by atoms with E-state index < -0.39 is 11.6 Å². The highest BCUT2D eigenvalue weighted by Crippen LogP contribution is 2.10. The predicted octanol–water partition coefficient (Wildman–Crippen LogP) is 1.68. The van der Waals surface area contributed by atoms with Crippen molar-refractivity contribution in [1.82, 2.24) is 10.4 Å². The lowest BCUT2D eigenvalue weighted by Gasteiger charge is -2.34. The minimum absolute atomic E-state index is 0.125. The van der Waals surface area contributed by atoms with Crippen LogP contribution >= 0.6 is 0 Å². The van der Waals surface area contributed by atoms with Crippen LogP contribution in [0.2, 0.25) is 0 Å². The van der Waals surface area contributed by atoms with Gasteiger partial charge in [0, 0.05) is 6.04 Å². The van der Waals surface area contributed by atoms with Crippen molar-refractivity contribution in [1.29, 1.82) is 0 Å². The van der Waals surface area contributed by atoms with E-state index in [0.717, 1.165) is 0 Å². The van der Waals surface area contributed by atoms with Gasteiger partial charge < -0.3 is 5.11 Å². The summed E-state index contributed by atoms with van der Waals surface area (Å²) < 4.78 is 0. The highest BCUT2D eigenvalue weighted by atomic mass is 16.4. The molecule has 0 bridgehead atoms. The van der Waals surface area contributed by atoms with E-state index in [0.29, 0.717) is 0 Å². The molecule has 4 heteroatoms. The number of amides is 1. The Kier molecular flexibility index (Phi) is 3.52. The third kappa shape index (κ3) is 3.57. The molecular formula is C8H18N2O2. The van der Waals surface area contributed by atoms with Gasteiger partial charge in [-0.15, -0.1) is 0 Å². The van der Waals surface area contributed by atoms with Gasteiger partial charge in [-0.1, -0.05) is 0 Å². The molecule has 2 N–H and O–H groups in total. The van der Waals surface area contributed by atoms with Gasteiger partial charge in [0.2, 0.25) is 0 Å². The smallest absolute Gasteiger partial charge is 0.422 e. The summed E-state index contributed by atoms with van der Waals surface area (Å²) in [7, 11) is 0. The molecule has 0 saturated carbocycles. The molecule has 0 aliphatic carbocycles. The lowest BCUT2D eigenvalue weighted by Crippen LogP contribution is -2.55. The maximum absolute atomic E-state index is 10.7. The van der Waals surface area contributed by atoms with E-state index in [1.165, 1.54) is 5.01 Å². The fourth-order valence-electron chi connectivity index (χ4n) is 0.794. The van der Waals surface area contributed by atoms with Gasteiger partial charge in [-0.25, -0.2) is 15.2 Å².